The second-order valence-electron chi connectivity index (χ2n) is 11.1. The van der Waals surface area contributed by atoms with Crippen molar-refractivity contribution in [2.45, 2.75) is 49.4 Å². The minimum atomic E-state index is -0.112. The maximum Gasteiger partial charge on any atom is 0.238 e. The summed E-state index contributed by atoms with van der Waals surface area (Å²) in [6.07, 6.45) is 4.08. The van der Waals surface area contributed by atoms with Crippen LogP contribution in [0.4, 0.5) is 0 Å². The SMILES string of the molecule is CN1CCC2(CC1)NCC(=O)N2.CN1CCC2(CC1)NCC(=O)N2Cc1ccccc1.ClCc1ccccc1. The quantitative estimate of drug-likeness (QED) is 0.506. The molecule has 39 heavy (non-hydrogen) atoms. The van der Waals surface area contributed by atoms with Crippen molar-refractivity contribution >= 4 is 23.4 Å². The van der Waals surface area contributed by atoms with E-state index in [1.165, 1.54) is 11.1 Å². The molecule has 2 aromatic rings. The van der Waals surface area contributed by atoms with E-state index in [0.717, 1.165) is 58.4 Å². The van der Waals surface area contributed by atoms with Gasteiger partial charge < -0.3 is 20.0 Å². The Kier molecular flexibility index (Phi) is 10.4. The Morgan fingerprint density at radius 1 is 0.744 bits per heavy atom. The normalized spacial score (nSPS) is 22.2. The maximum absolute atomic E-state index is 12.2. The van der Waals surface area contributed by atoms with Crippen LogP contribution in [0.2, 0.25) is 0 Å². The van der Waals surface area contributed by atoms with Crippen LogP contribution in [0.1, 0.15) is 36.8 Å². The summed E-state index contributed by atoms with van der Waals surface area (Å²) >= 11 is 5.53. The molecule has 212 valence electrons. The summed E-state index contributed by atoms with van der Waals surface area (Å²) in [6.45, 7) is 5.91. The lowest BCUT2D eigenvalue weighted by Crippen LogP contribution is -2.57. The monoisotopic (exact) mass is 554 g/mol. The van der Waals surface area contributed by atoms with Gasteiger partial charge in [0.25, 0.3) is 0 Å². The second kappa shape index (κ2) is 13.7. The first-order chi connectivity index (χ1) is 18.8. The molecule has 4 aliphatic rings. The Hall–Kier alpha value is -2.49. The lowest BCUT2D eigenvalue weighted by atomic mass is 9.96. The van der Waals surface area contributed by atoms with Gasteiger partial charge >= 0.3 is 0 Å². The van der Waals surface area contributed by atoms with Gasteiger partial charge in [-0.2, -0.15) is 0 Å². The number of hydrogen-bond acceptors (Lipinski definition) is 6. The maximum atomic E-state index is 12.2. The van der Waals surface area contributed by atoms with E-state index in [-0.39, 0.29) is 23.1 Å². The molecule has 2 amide bonds. The van der Waals surface area contributed by atoms with Crippen molar-refractivity contribution in [2.24, 2.45) is 0 Å². The van der Waals surface area contributed by atoms with Gasteiger partial charge in [-0.15, -0.1) is 11.6 Å². The number of likely N-dealkylation sites (tertiary alicyclic amines) is 2. The van der Waals surface area contributed by atoms with Crippen LogP contribution in [0.15, 0.2) is 60.7 Å². The second-order valence-corrected chi connectivity index (χ2v) is 11.3. The topological polar surface area (TPSA) is 80.0 Å². The van der Waals surface area contributed by atoms with Crippen molar-refractivity contribution in [3.05, 3.63) is 71.8 Å². The average molecular weight is 555 g/mol. The van der Waals surface area contributed by atoms with Crippen molar-refractivity contribution in [3.8, 4) is 0 Å². The summed E-state index contributed by atoms with van der Waals surface area (Å²) in [7, 11) is 4.26. The lowest BCUT2D eigenvalue weighted by molar-refractivity contribution is -0.132. The molecule has 4 saturated heterocycles. The standard InChI is InChI=1S/C15H21N3O.C8H15N3O.C7H7Cl/c1-17-9-7-15(8-10-17)16-11-14(19)18(15)12-13-5-3-2-4-6-13;1-11-4-2-8(3-5-11)9-6-7(12)10-8;8-6-7-4-2-1-3-5-7/h2-6,16H,7-12H2,1H3;9H,2-6H2,1H3,(H,10,12);1-5H,6H2. The highest BCUT2D eigenvalue weighted by Crippen LogP contribution is 2.31. The molecule has 4 aliphatic heterocycles. The fourth-order valence-electron chi connectivity index (χ4n) is 5.58. The van der Waals surface area contributed by atoms with E-state index in [1.807, 2.05) is 48.5 Å². The third-order valence-corrected chi connectivity index (χ3v) is 8.50. The zero-order valence-electron chi connectivity index (χ0n) is 23.3. The molecule has 4 fully saturated rings. The van der Waals surface area contributed by atoms with Gasteiger partial charge in [0, 0.05) is 38.6 Å². The average Bonchev–Trinajstić information content (AvgIpc) is 3.48. The van der Waals surface area contributed by atoms with E-state index in [1.54, 1.807) is 0 Å². The smallest absolute Gasteiger partial charge is 0.238 e. The predicted molar refractivity (Wildman–Crippen MR) is 156 cm³/mol. The lowest BCUT2D eigenvalue weighted by Gasteiger charge is -2.43. The van der Waals surface area contributed by atoms with Crippen LogP contribution in [0, 0.1) is 0 Å². The van der Waals surface area contributed by atoms with Crippen molar-refractivity contribution < 1.29 is 9.59 Å². The minimum Gasteiger partial charge on any atom is -0.337 e. The molecule has 2 aromatic carbocycles. The van der Waals surface area contributed by atoms with E-state index < -0.39 is 0 Å². The number of piperidine rings is 2. The molecule has 0 bridgehead atoms. The highest BCUT2D eigenvalue weighted by Gasteiger charge is 2.46. The zero-order chi connectivity index (χ0) is 27.7. The van der Waals surface area contributed by atoms with Crippen molar-refractivity contribution in [1.29, 1.82) is 0 Å². The van der Waals surface area contributed by atoms with Crippen LogP contribution >= 0.6 is 11.6 Å². The Bertz CT molecular complexity index is 1050. The highest BCUT2D eigenvalue weighted by atomic mass is 35.5. The predicted octanol–water partition coefficient (Wildman–Crippen LogP) is 2.59. The van der Waals surface area contributed by atoms with E-state index in [9.17, 15) is 9.59 Å². The molecule has 4 heterocycles. The molecule has 2 spiro atoms. The Morgan fingerprint density at radius 3 is 1.77 bits per heavy atom. The molecule has 0 unspecified atom stereocenters. The summed E-state index contributed by atoms with van der Waals surface area (Å²) in [6, 6.07) is 20.2. The van der Waals surface area contributed by atoms with Crippen LogP contribution in [-0.2, 0) is 22.0 Å². The number of amides is 2. The van der Waals surface area contributed by atoms with Crippen LogP contribution in [0.3, 0.4) is 0 Å². The molecule has 3 N–H and O–H groups in total. The summed E-state index contributed by atoms with van der Waals surface area (Å²) in [5.41, 5.74) is 2.20. The molecular weight excluding hydrogens is 512 g/mol. The molecule has 8 nitrogen and oxygen atoms in total. The number of hydrogen-bond donors (Lipinski definition) is 3. The fraction of sp³-hybridized carbons (Fsp3) is 0.533. The number of carbonyl (C=O) groups excluding carboxylic acids is 2. The summed E-state index contributed by atoms with van der Waals surface area (Å²) in [4.78, 5) is 29.9. The summed E-state index contributed by atoms with van der Waals surface area (Å²) in [5.74, 6) is 0.980. The number of halogens is 1. The number of nitrogens with zero attached hydrogens (tertiary/aromatic N) is 3. The van der Waals surface area contributed by atoms with Crippen LogP contribution in [0.25, 0.3) is 0 Å². The number of benzene rings is 2. The highest BCUT2D eigenvalue weighted by molar-refractivity contribution is 6.17. The van der Waals surface area contributed by atoms with Gasteiger partial charge in [0.05, 0.1) is 24.4 Å². The molecule has 0 aromatic heterocycles. The fourth-order valence-corrected chi connectivity index (χ4v) is 5.76. The van der Waals surface area contributed by atoms with Crippen LogP contribution in [-0.4, -0.2) is 91.2 Å². The number of alkyl halides is 1. The van der Waals surface area contributed by atoms with Gasteiger partial charge in [-0.3, -0.25) is 20.2 Å². The molecule has 9 heteroatoms. The van der Waals surface area contributed by atoms with E-state index in [4.69, 9.17) is 11.6 Å². The molecular formula is C30H43ClN6O2. The van der Waals surface area contributed by atoms with Gasteiger partial charge in [0.2, 0.25) is 11.8 Å². The Morgan fingerprint density at radius 2 is 1.28 bits per heavy atom. The van der Waals surface area contributed by atoms with Crippen LogP contribution in [0.5, 0.6) is 0 Å². The van der Waals surface area contributed by atoms with Crippen molar-refractivity contribution in [2.75, 3.05) is 53.4 Å². The number of nitrogens with one attached hydrogen (secondary N) is 3. The molecule has 6 rings (SSSR count). The molecule has 0 aliphatic carbocycles. The zero-order valence-corrected chi connectivity index (χ0v) is 24.1. The van der Waals surface area contributed by atoms with Gasteiger partial charge in [0.1, 0.15) is 0 Å². The minimum absolute atomic E-state index is 0.0659. The van der Waals surface area contributed by atoms with Gasteiger partial charge in [0.15, 0.2) is 0 Å². The first kappa shape index (κ1) is 29.5. The van der Waals surface area contributed by atoms with Crippen molar-refractivity contribution in [3.63, 3.8) is 0 Å². The Labute approximate surface area is 238 Å². The first-order valence-corrected chi connectivity index (χ1v) is 14.5. The Balaban J connectivity index is 0.000000150. The summed E-state index contributed by atoms with van der Waals surface area (Å²) in [5, 5.41) is 9.73. The van der Waals surface area contributed by atoms with Gasteiger partial charge in [-0.05, 0) is 50.9 Å². The van der Waals surface area contributed by atoms with E-state index in [2.05, 4.69) is 56.9 Å². The summed E-state index contributed by atoms with van der Waals surface area (Å²) < 4.78 is 0. The van der Waals surface area contributed by atoms with E-state index >= 15 is 0 Å². The van der Waals surface area contributed by atoms with Crippen molar-refractivity contribution in [1.82, 2.24) is 30.7 Å². The van der Waals surface area contributed by atoms with Gasteiger partial charge in [-0.1, -0.05) is 60.7 Å². The molecule has 0 atom stereocenters. The number of rotatable bonds is 3. The van der Waals surface area contributed by atoms with Crippen LogP contribution < -0.4 is 16.0 Å². The third kappa shape index (κ3) is 8.02. The third-order valence-electron chi connectivity index (χ3n) is 8.19. The first-order valence-electron chi connectivity index (χ1n) is 14.0. The largest absolute Gasteiger partial charge is 0.337 e. The number of carbonyl (C=O) groups is 2. The molecule has 0 saturated carbocycles. The molecule has 0 radical (unpaired) electrons. The van der Waals surface area contributed by atoms with Gasteiger partial charge in [-0.25, -0.2) is 0 Å². The van der Waals surface area contributed by atoms with E-state index in [0.29, 0.717) is 19.0 Å².